The molecule has 0 heterocycles. The van der Waals surface area contributed by atoms with Crippen molar-refractivity contribution < 1.29 is 52.9 Å². The van der Waals surface area contributed by atoms with Crippen molar-refractivity contribution >= 4 is 41.8 Å². The van der Waals surface area contributed by atoms with Crippen LogP contribution in [-0.4, -0.2) is 120 Å². The van der Waals surface area contributed by atoms with Gasteiger partial charge in [-0.3, -0.25) is 19.2 Å². The van der Waals surface area contributed by atoms with E-state index in [9.17, 15) is 38.7 Å². The Labute approximate surface area is 386 Å². The van der Waals surface area contributed by atoms with Crippen LogP contribution in [0.5, 0.6) is 0 Å². The molecule has 7 atom stereocenters. The van der Waals surface area contributed by atoms with E-state index < -0.39 is 90.8 Å². The summed E-state index contributed by atoms with van der Waals surface area (Å²) in [6.07, 6.45) is 6.39. The van der Waals surface area contributed by atoms with Gasteiger partial charge in [0.25, 0.3) is 0 Å². The number of hydrogen-bond donors (Lipinski definition) is 7. The van der Waals surface area contributed by atoms with E-state index in [-0.39, 0.29) is 43.4 Å². The standard InChI is InChI=1S/C47H79N7O11/c1-10-11-12-19-24-38(63-28-31(4)48)32(5)43(58)54(9)37(25-30(2)3)41(56)53-39(34-22-17-14-18-23-34)42(57)51-35(26-49-45(61)64-29-33-20-15-13-16-21-33)40(55)52-36(44(59)60)27-50-46(62)65-47(6,7)8/h13,15-16,20-21,30-32,34-39H,10-12,14,17-19,22-29,48H2,1-9H3,(H,49,61)(H,50,62)(H,51,57)(H,52,55)(H,53,56)(H,59,60)/t31-,32-,35+,36+,37+,38-,39?/m1/s1. The molecule has 18 heteroatoms. The van der Waals surface area contributed by atoms with Gasteiger partial charge in [0.05, 0.1) is 31.7 Å². The third-order valence-electron chi connectivity index (χ3n) is 11.1. The molecule has 65 heavy (non-hydrogen) atoms. The first-order chi connectivity index (χ1) is 30.6. The monoisotopic (exact) mass is 918 g/mol. The van der Waals surface area contributed by atoms with E-state index in [1.165, 1.54) is 4.90 Å². The van der Waals surface area contributed by atoms with Gasteiger partial charge in [-0.05, 0) is 70.8 Å². The smallest absolute Gasteiger partial charge is 0.407 e. The van der Waals surface area contributed by atoms with Gasteiger partial charge in [0, 0.05) is 13.1 Å². The molecular weight excluding hydrogens is 839 g/mol. The third-order valence-corrected chi connectivity index (χ3v) is 11.1. The summed E-state index contributed by atoms with van der Waals surface area (Å²) in [7, 11) is 1.58. The van der Waals surface area contributed by atoms with Gasteiger partial charge < -0.3 is 56.5 Å². The lowest BCUT2D eigenvalue weighted by molar-refractivity contribution is -0.147. The van der Waals surface area contributed by atoms with Crippen molar-refractivity contribution in [3.05, 3.63) is 35.9 Å². The Hall–Kier alpha value is -4.97. The summed E-state index contributed by atoms with van der Waals surface area (Å²) >= 11 is 0. The minimum atomic E-state index is -1.67. The van der Waals surface area contributed by atoms with E-state index in [0.29, 0.717) is 24.8 Å². The van der Waals surface area contributed by atoms with Crippen LogP contribution < -0.4 is 32.3 Å². The SMILES string of the molecule is CCCCCC[C@@H](OC[C@@H](C)N)[C@@H](C)C(=O)N(C)[C@@H](CC(C)C)C(=O)NC(C(=O)N[C@@H](CNC(=O)OCc1ccccc1)C(=O)N[C@@H](CNC(=O)OC(C)(C)C)C(=O)O)C1CCCCC1. The molecule has 1 fully saturated rings. The first kappa shape index (κ1) is 56.2. The maximum absolute atomic E-state index is 14.5. The molecule has 0 spiro atoms. The van der Waals surface area contributed by atoms with E-state index in [4.69, 9.17) is 19.9 Å². The Morgan fingerprint density at radius 2 is 1.43 bits per heavy atom. The van der Waals surface area contributed by atoms with Crippen molar-refractivity contribution in [3.8, 4) is 0 Å². The minimum absolute atomic E-state index is 0.0229. The summed E-state index contributed by atoms with van der Waals surface area (Å²) in [5.41, 5.74) is 5.84. The highest BCUT2D eigenvalue weighted by Gasteiger charge is 2.39. The number of carbonyl (C=O) groups is 7. The zero-order valence-electron chi connectivity index (χ0n) is 40.2. The molecule has 1 aromatic rings. The van der Waals surface area contributed by atoms with Crippen LogP contribution in [0.3, 0.4) is 0 Å². The number of rotatable bonds is 27. The van der Waals surface area contributed by atoms with Crippen LogP contribution in [0.15, 0.2) is 30.3 Å². The van der Waals surface area contributed by atoms with Crippen LogP contribution in [0, 0.1) is 17.8 Å². The van der Waals surface area contributed by atoms with Crippen LogP contribution in [-0.2, 0) is 44.8 Å². The molecule has 2 rings (SSSR count). The number of hydrogen-bond acceptors (Lipinski definition) is 11. The lowest BCUT2D eigenvalue weighted by Crippen LogP contribution is -2.62. The van der Waals surface area contributed by atoms with Crippen LogP contribution in [0.1, 0.15) is 132 Å². The van der Waals surface area contributed by atoms with E-state index in [2.05, 4.69) is 33.5 Å². The fraction of sp³-hybridized carbons (Fsp3) is 0.723. The number of alkyl carbamates (subject to hydrolysis) is 2. The highest BCUT2D eigenvalue weighted by molar-refractivity contribution is 5.95. The summed E-state index contributed by atoms with van der Waals surface area (Å²) in [6, 6.07) is 3.27. The topological polar surface area (TPSA) is 257 Å². The van der Waals surface area contributed by atoms with E-state index >= 15 is 0 Å². The molecule has 1 saturated carbocycles. The molecule has 368 valence electrons. The molecule has 18 nitrogen and oxygen atoms in total. The minimum Gasteiger partial charge on any atom is -0.480 e. The molecule has 8 N–H and O–H groups in total. The number of unbranched alkanes of at least 4 members (excludes halogenated alkanes) is 3. The number of nitrogens with one attached hydrogen (secondary N) is 5. The van der Waals surface area contributed by atoms with Gasteiger partial charge in [-0.2, -0.15) is 0 Å². The van der Waals surface area contributed by atoms with E-state index in [0.717, 1.165) is 44.9 Å². The number of amides is 6. The Morgan fingerprint density at radius 1 is 0.815 bits per heavy atom. The Morgan fingerprint density at radius 3 is 2.02 bits per heavy atom. The zero-order valence-corrected chi connectivity index (χ0v) is 40.2. The van der Waals surface area contributed by atoms with Crippen molar-refractivity contribution in [1.82, 2.24) is 31.5 Å². The number of ether oxygens (including phenoxy) is 3. The first-order valence-electron chi connectivity index (χ1n) is 23.3. The summed E-state index contributed by atoms with van der Waals surface area (Å²) in [6.45, 7) is 13.6. The quantitative estimate of drug-likeness (QED) is 0.0590. The number of likely N-dealkylation sites (N-methyl/N-ethyl adjacent to an activating group) is 1. The number of nitrogens with zero attached hydrogens (tertiary/aromatic N) is 1. The van der Waals surface area contributed by atoms with Gasteiger partial charge in [0.15, 0.2) is 0 Å². The van der Waals surface area contributed by atoms with Gasteiger partial charge in [0.2, 0.25) is 23.6 Å². The van der Waals surface area contributed by atoms with Crippen molar-refractivity contribution in [2.45, 2.75) is 175 Å². The second-order valence-corrected chi connectivity index (χ2v) is 18.8. The molecular formula is C47H79N7O11. The van der Waals surface area contributed by atoms with Crippen LogP contribution >= 0.6 is 0 Å². The molecule has 1 aliphatic rings. The predicted octanol–water partition coefficient (Wildman–Crippen LogP) is 4.77. The second kappa shape index (κ2) is 28.8. The van der Waals surface area contributed by atoms with Crippen LogP contribution in [0.25, 0.3) is 0 Å². The van der Waals surface area contributed by atoms with Gasteiger partial charge >= 0.3 is 18.2 Å². The maximum atomic E-state index is 14.5. The maximum Gasteiger partial charge on any atom is 0.407 e. The summed E-state index contributed by atoms with van der Waals surface area (Å²) in [5.74, 6) is -5.03. The number of carboxylic acids is 1. The van der Waals surface area contributed by atoms with Crippen LogP contribution in [0.2, 0.25) is 0 Å². The van der Waals surface area contributed by atoms with E-state index in [1.807, 2.05) is 26.8 Å². The molecule has 0 bridgehead atoms. The number of nitrogens with two attached hydrogens (primary N) is 1. The van der Waals surface area contributed by atoms with Crippen LogP contribution in [0.4, 0.5) is 9.59 Å². The lowest BCUT2D eigenvalue weighted by Gasteiger charge is -2.36. The van der Waals surface area contributed by atoms with E-state index in [1.54, 1.807) is 59.0 Å². The first-order valence-corrected chi connectivity index (χ1v) is 23.3. The Balaban J connectivity index is 2.42. The molecule has 0 aromatic heterocycles. The fourth-order valence-corrected chi connectivity index (χ4v) is 7.56. The highest BCUT2D eigenvalue weighted by atomic mass is 16.6. The summed E-state index contributed by atoms with van der Waals surface area (Å²) < 4.78 is 16.7. The third kappa shape index (κ3) is 21.7. The molecule has 0 aliphatic heterocycles. The predicted molar refractivity (Wildman–Crippen MR) is 246 cm³/mol. The summed E-state index contributed by atoms with van der Waals surface area (Å²) in [5, 5.41) is 22.7. The number of carboxylic acid groups (broad SMARTS) is 1. The number of carbonyl (C=O) groups excluding carboxylic acids is 6. The highest BCUT2D eigenvalue weighted by Crippen LogP contribution is 2.28. The number of benzene rings is 1. The van der Waals surface area contributed by atoms with Crippen molar-refractivity contribution in [2.75, 3.05) is 26.7 Å². The van der Waals surface area contributed by atoms with Crippen molar-refractivity contribution in [1.29, 1.82) is 0 Å². The second-order valence-electron chi connectivity index (χ2n) is 18.8. The Kier molecular flexibility index (Phi) is 24.9. The molecule has 6 amide bonds. The lowest BCUT2D eigenvalue weighted by atomic mass is 9.83. The Bertz CT molecular complexity index is 1650. The normalized spacial score (nSPS) is 16.4. The van der Waals surface area contributed by atoms with Gasteiger partial charge in [-0.1, -0.05) is 103 Å². The van der Waals surface area contributed by atoms with Gasteiger partial charge in [0.1, 0.15) is 36.4 Å². The molecule has 1 aliphatic carbocycles. The largest absolute Gasteiger partial charge is 0.480 e. The molecule has 1 aromatic carbocycles. The average molecular weight is 918 g/mol. The van der Waals surface area contributed by atoms with Crippen molar-refractivity contribution in [2.24, 2.45) is 23.5 Å². The molecule has 0 radical (unpaired) electrons. The fourth-order valence-electron chi connectivity index (χ4n) is 7.56. The van der Waals surface area contributed by atoms with Crippen molar-refractivity contribution in [3.63, 3.8) is 0 Å². The zero-order chi connectivity index (χ0) is 48.7. The summed E-state index contributed by atoms with van der Waals surface area (Å²) in [4.78, 5) is 96.0. The van der Waals surface area contributed by atoms with Gasteiger partial charge in [-0.15, -0.1) is 0 Å². The molecule has 1 unspecified atom stereocenters. The molecule has 0 saturated heterocycles. The average Bonchev–Trinajstić information content (AvgIpc) is 3.25. The van der Waals surface area contributed by atoms with Gasteiger partial charge in [-0.25, -0.2) is 14.4 Å². The number of aliphatic carboxylic acids is 1.